The minimum atomic E-state index is -0.265. The van der Waals surface area contributed by atoms with Gasteiger partial charge in [-0.3, -0.25) is 4.79 Å². The van der Waals surface area contributed by atoms with Crippen molar-refractivity contribution in [2.45, 2.75) is 71.8 Å². The van der Waals surface area contributed by atoms with Crippen LogP contribution in [0.5, 0.6) is 0 Å². The van der Waals surface area contributed by atoms with Crippen molar-refractivity contribution in [2.24, 2.45) is 11.3 Å². The van der Waals surface area contributed by atoms with Crippen LogP contribution in [0, 0.1) is 11.3 Å². The zero-order valence-corrected chi connectivity index (χ0v) is 13.6. The third-order valence-corrected chi connectivity index (χ3v) is 4.85. The van der Waals surface area contributed by atoms with Crippen molar-refractivity contribution in [1.82, 2.24) is 10.2 Å². The summed E-state index contributed by atoms with van der Waals surface area (Å²) in [5.74, 6) is 1.13. The summed E-state index contributed by atoms with van der Waals surface area (Å²) < 4.78 is 0. The summed E-state index contributed by atoms with van der Waals surface area (Å²) in [4.78, 5) is 14.6. The summed E-state index contributed by atoms with van der Waals surface area (Å²) in [6.07, 6.45) is 9.41. The summed E-state index contributed by atoms with van der Waals surface area (Å²) in [6, 6.07) is 0.393. The molecule has 1 saturated carbocycles. The maximum atomic E-state index is 12.0. The molecule has 0 unspecified atom stereocenters. The van der Waals surface area contributed by atoms with Crippen LogP contribution in [0.1, 0.15) is 65.7 Å². The van der Waals surface area contributed by atoms with Crippen molar-refractivity contribution >= 4 is 5.91 Å². The Morgan fingerprint density at radius 1 is 1.05 bits per heavy atom. The molecule has 3 heteroatoms. The fourth-order valence-corrected chi connectivity index (χ4v) is 3.40. The van der Waals surface area contributed by atoms with Crippen LogP contribution in [0.2, 0.25) is 0 Å². The average molecular weight is 280 g/mol. The molecule has 2 aliphatic rings. The third kappa shape index (κ3) is 4.76. The number of nitrogens with zero attached hydrogens (tertiary/aromatic N) is 1. The Morgan fingerprint density at radius 3 is 2.20 bits per heavy atom. The van der Waals surface area contributed by atoms with Gasteiger partial charge in [0.05, 0.1) is 0 Å². The lowest BCUT2D eigenvalue weighted by molar-refractivity contribution is -0.129. The van der Waals surface area contributed by atoms with E-state index in [-0.39, 0.29) is 11.3 Å². The lowest BCUT2D eigenvalue weighted by atomic mass is 9.88. The number of carbonyl (C=O) groups is 1. The van der Waals surface area contributed by atoms with Crippen molar-refractivity contribution in [3.05, 3.63) is 0 Å². The van der Waals surface area contributed by atoms with E-state index in [9.17, 15) is 4.79 Å². The molecule has 0 aromatic carbocycles. The van der Waals surface area contributed by atoms with Gasteiger partial charge in [0, 0.05) is 31.1 Å². The van der Waals surface area contributed by atoms with Crippen molar-refractivity contribution in [3.8, 4) is 0 Å². The predicted octanol–water partition coefficient (Wildman–Crippen LogP) is 3.19. The van der Waals surface area contributed by atoms with Gasteiger partial charge in [-0.25, -0.2) is 0 Å². The van der Waals surface area contributed by atoms with Crippen LogP contribution in [0.3, 0.4) is 0 Å². The highest BCUT2D eigenvalue weighted by Crippen LogP contribution is 2.25. The van der Waals surface area contributed by atoms with Gasteiger partial charge in [-0.15, -0.1) is 0 Å². The number of hydrogen-bond acceptors (Lipinski definition) is 2. The van der Waals surface area contributed by atoms with Gasteiger partial charge in [-0.1, -0.05) is 40.0 Å². The molecule has 20 heavy (non-hydrogen) atoms. The highest BCUT2D eigenvalue weighted by Gasteiger charge is 2.27. The number of piperidine rings is 1. The number of likely N-dealkylation sites (tertiary alicyclic amines) is 1. The second-order valence-electron chi connectivity index (χ2n) is 7.80. The van der Waals surface area contributed by atoms with Crippen molar-refractivity contribution < 1.29 is 4.79 Å². The smallest absolute Gasteiger partial charge is 0.225 e. The molecule has 1 aliphatic heterocycles. The minimum absolute atomic E-state index is 0.197. The van der Waals surface area contributed by atoms with Gasteiger partial charge in [0.25, 0.3) is 0 Å². The van der Waals surface area contributed by atoms with Crippen LogP contribution >= 0.6 is 0 Å². The highest BCUT2D eigenvalue weighted by molar-refractivity contribution is 5.81. The van der Waals surface area contributed by atoms with Crippen molar-refractivity contribution in [1.29, 1.82) is 0 Å². The molecule has 1 saturated heterocycles. The number of rotatable bonds is 3. The molecule has 0 aromatic heterocycles. The molecule has 0 bridgehead atoms. The van der Waals surface area contributed by atoms with E-state index < -0.39 is 0 Å². The summed E-state index contributed by atoms with van der Waals surface area (Å²) in [5.41, 5.74) is -0.265. The fourth-order valence-electron chi connectivity index (χ4n) is 3.40. The van der Waals surface area contributed by atoms with Crippen LogP contribution in [0.4, 0.5) is 0 Å². The third-order valence-electron chi connectivity index (χ3n) is 4.85. The topological polar surface area (TPSA) is 32.3 Å². The summed E-state index contributed by atoms with van der Waals surface area (Å²) >= 11 is 0. The molecule has 116 valence electrons. The molecule has 3 nitrogen and oxygen atoms in total. The molecule has 1 amide bonds. The SMILES string of the molecule is CC(C)(C)C(=O)NC1CCN(CC2CCCCC2)CC1. The summed E-state index contributed by atoms with van der Waals surface area (Å²) in [5, 5.41) is 3.22. The Balaban J connectivity index is 1.68. The molecule has 1 heterocycles. The first-order valence-corrected chi connectivity index (χ1v) is 8.48. The number of hydrogen-bond donors (Lipinski definition) is 1. The maximum absolute atomic E-state index is 12.0. The Morgan fingerprint density at radius 2 is 1.65 bits per heavy atom. The van der Waals surface area contributed by atoms with Gasteiger partial charge in [-0.2, -0.15) is 0 Å². The van der Waals surface area contributed by atoms with Gasteiger partial charge in [-0.05, 0) is 31.6 Å². The Bertz CT molecular complexity index is 307. The predicted molar refractivity (Wildman–Crippen MR) is 83.6 cm³/mol. The van der Waals surface area contributed by atoms with E-state index in [1.54, 1.807) is 0 Å². The molecule has 2 rings (SSSR count). The van der Waals surface area contributed by atoms with Crippen LogP contribution in [-0.4, -0.2) is 36.5 Å². The largest absolute Gasteiger partial charge is 0.353 e. The lowest BCUT2D eigenvalue weighted by Crippen LogP contribution is -2.48. The van der Waals surface area contributed by atoms with Crippen LogP contribution in [0.15, 0.2) is 0 Å². The van der Waals surface area contributed by atoms with Gasteiger partial charge >= 0.3 is 0 Å². The van der Waals surface area contributed by atoms with E-state index >= 15 is 0 Å². The highest BCUT2D eigenvalue weighted by atomic mass is 16.2. The van der Waals surface area contributed by atoms with Gasteiger partial charge in [0.1, 0.15) is 0 Å². The Labute approximate surface area is 124 Å². The quantitative estimate of drug-likeness (QED) is 0.861. The molecular weight excluding hydrogens is 248 g/mol. The first-order chi connectivity index (χ1) is 9.45. The van der Waals surface area contributed by atoms with Crippen molar-refractivity contribution in [2.75, 3.05) is 19.6 Å². The summed E-state index contributed by atoms with van der Waals surface area (Å²) in [7, 11) is 0. The van der Waals surface area contributed by atoms with Gasteiger partial charge in [0.2, 0.25) is 5.91 Å². The number of nitrogens with one attached hydrogen (secondary N) is 1. The minimum Gasteiger partial charge on any atom is -0.353 e. The molecule has 1 aliphatic carbocycles. The maximum Gasteiger partial charge on any atom is 0.225 e. The molecule has 0 atom stereocenters. The monoisotopic (exact) mass is 280 g/mol. The van der Waals surface area contributed by atoms with E-state index in [1.807, 2.05) is 20.8 Å². The first-order valence-electron chi connectivity index (χ1n) is 8.48. The zero-order chi connectivity index (χ0) is 14.6. The molecule has 0 radical (unpaired) electrons. The second kappa shape index (κ2) is 6.93. The second-order valence-corrected chi connectivity index (χ2v) is 7.80. The molecule has 0 aromatic rings. The average Bonchev–Trinajstić information content (AvgIpc) is 2.41. The Kier molecular flexibility index (Phi) is 5.48. The lowest BCUT2D eigenvalue weighted by Gasteiger charge is -2.36. The normalized spacial score (nSPS) is 23.8. The van der Waals surface area contributed by atoms with Crippen LogP contribution in [-0.2, 0) is 4.79 Å². The fraction of sp³-hybridized carbons (Fsp3) is 0.941. The standard InChI is InChI=1S/C17H32N2O/c1-17(2,3)16(20)18-15-9-11-19(12-10-15)13-14-7-5-4-6-8-14/h14-15H,4-13H2,1-3H3,(H,18,20). The van der Waals surface area contributed by atoms with Crippen LogP contribution < -0.4 is 5.32 Å². The van der Waals surface area contributed by atoms with Gasteiger partial charge < -0.3 is 10.2 Å². The summed E-state index contributed by atoms with van der Waals surface area (Å²) in [6.45, 7) is 9.57. The zero-order valence-electron chi connectivity index (χ0n) is 13.6. The molecular formula is C17H32N2O. The van der Waals surface area contributed by atoms with Gasteiger partial charge in [0.15, 0.2) is 0 Å². The van der Waals surface area contributed by atoms with E-state index in [4.69, 9.17) is 0 Å². The number of amides is 1. The van der Waals surface area contributed by atoms with E-state index in [0.717, 1.165) is 31.8 Å². The number of carbonyl (C=O) groups excluding carboxylic acids is 1. The molecule has 2 fully saturated rings. The van der Waals surface area contributed by atoms with Crippen molar-refractivity contribution in [3.63, 3.8) is 0 Å². The van der Waals surface area contributed by atoms with E-state index in [1.165, 1.54) is 38.6 Å². The van der Waals surface area contributed by atoms with E-state index in [2.05, 4.69) is 10.2 Å². The molecule has 1 N–H and O–H groups in total. The van der Waals surface area contributed by atoms with Crippen LogP contribution in [0.25, 0.3) is 0 Å². The molecule has 0 spiro atoms. The van der Waals surface area contributed by atoms with E-state index in [0.29, 0.717) is 6.04 Å². The first kappa shape index (κ1) is 15.8. The Hall–Kier alpha value is -0.570.